The molecule has 0 aromatic carbocycles. The lowest BCUT2D eigenvalue weighted by Gasteiger charge is -2.34. The van der Waals surface area contributed by atoms with E-state index in [4.69, 9.17) is 0 Å². The number of hydrogen-bond acceptors (Lipinski definition) is 3. The van der Waals surface area contributed by atoms with E-state index in [2.05, 4.69) is 43.4 Å². The molecular formula is C18H34OS2. The minimum absolute atomic E-state index is 0.233. The van der Waals surface area contributed by atoms with Gasteiger partial charge in [0.15, 0.2) is 0 Å². The molecular weight excluding hydrogens is 296 g/mol. The number of hydrogen-bond donors (Lipinski definition) is 1. The molecule has 1 saturated heterocycles. The molecule has 1 nitrogen and oxygen atoms in total. The van der Waals surface area contributed by atoms with Gasteiger partial charge < -0.3 is 5.11 Å². The highest BCUT2D eigenvalue weighted by atomic mass is 32.2. The molecule has 0 radical (unpaired) electrons. The van der Waals surface area contributed by atoms with Gasteiger partial charge in [-0.05, 0) is 37.2 Å². The van der Waals surface area contributed by atoms with Gasteiger partial charge in [0.05, 0.1) is 10.2 Å². The van der Waals surface area contributed by atoms with Crippen molar-refractivity contribution in [3.8, 4) is 0 Å². The van der Waals surface area contributed by atoms with Crippen LogP contribution in [0.15, 0.2) is 12.2 Å². The minimum Gasteiger partial charge on any atom is -0.389 e. The molecule has 1 fully saturated rings. The second-order valence-electron chi connectivity index (χ2n) is 6.07. The van der Waals surface area contributed by atoms with Crippen molar-refractivity contribution >= 4 is 23.5 Å². The van der Waals surface area contributed by atoms with Crippen LogP contribution in [0.1, 0.15) is 78.1 Å². The fourth-order valence-corrected chi connectivity index (χ4v) is 5.89. The Labute approximate surface area is 140 Å². The summed E-state index contributed by atoms with van der Waals surface area (Å²) in [6.07, 6.45) is 16.4. The third-order valence-electron chi connectivity index (χ3n) is 4.20. The summed E-state index contributed by atoms with van der Waals surface area (Å²) in [4.78, 5) is 0. The molecule has 0 spiro atoms. The normalized spacial score (nSPS) is 20.0. The Morgan fingerprint density at radius 1 is 1.05 bits per heavy atom. The van der Waals surface area contributed by atoms with E-state index in [1.54, 1.807) is 0 Å². The van der Waals surface area contributed by atoms with E-state index in [1.165, 1.54) is 56.5 Å². The van der Waals surface area contributed by atoms with Crippen LogP contribution in [0, 0.1) is 0 Å². The number of unbranched alkanes of at least 4 members (excludes halogenated alkanes) is 5. The van der Waals surface area contributed by atoms with Crippen molar-refractivity contribution in [1.82, 2.24) is 0 Å². The molecule has 21 heavy (non-hydrogen) atoms. The summed E-state index contributed by atoms with van der Waals surface area (Å²) in [7, 11) is 0. The van der Waals surface area contributed by atoms with Gasteiger partial charge in [0, 0.05) is 0 Å². The Hall–Kier alpha value is 0.400. The first-order valence-corrected chi connectivity index (χ1v) is 10.8. The number of thioether (sulfide) groups is 2. The molecule has 1 heterocycles. The van der Waals surface area contributed by atoms with E-state index in [0.717, 1.165) is 19.3 Å². The number of aliphatic hydroxyl groups excluding tert-OH is 1. The fourth-order valence-electron chi connectivity index (χ4n) is 2.72. The highest BCUT2D eigenvalue weighted by molar-refractivity contribution is 8.18. The lowest BCUT2D eigenvalue weighted by molar-refractivity contribution is 0.207. The summed E-state index contributed by atoms with van der Waals surface area (Å²) in [6, 6.07) is 0. The standard InChI is InChI=1S/C18H34OS2/c1-3-5-6-7-8-9-12-17(19)13-10-14-18(4-2)20-15-11-16-21-18/h10,13,17,19H,3-9,11-12,14-16H2,1-2H3/b13-10+/t17-/m1/s1. The van der Waals surface area contributed by atoms with Gasteiger partial charge in [-0.3, -0.25) is 0 Å². The second-order valence-corrected chi connectivity index (χ2v) is 9.29. The van der Waals surface area contributed by atoms with Gasteiger partial charge >= 0.3 is 0 Å². The van der Waals surface area contributed by atoms with E-state index in [0.29, 0.717) is 4.08 Å². The first-order valence-electron chi connectivity index (χ1n) is 8.85. The van der Waals surface area contributed by atoms with Crippen LogP contribution in [0.3, 0.4) is 0 Å². The highest BCUT2D eigenvalue weighted by Gasteiger charge is 2.30. The highest BCUT2D eigenvalue weighted by Crippen LogP contribution is 2.47. The average molecular weight is 331 g/mol. The summed E-state index contributed by atoms with van der Waals surface area (Å²) in [6.45, 7) is 4.55. The van der Waals surface area contributed by atoms with Crippen LogP contribution >= 0.6 is 23.5 Å². The fraction of sp³-hybridized carbons (Fsp3) is 0.889. The average Bonchev–Trinajstić information content (AvgIpc) is 2.51. The monoisotopic (exact) mass is 330 g/mol. The lowest BCUT2D eigenvalue weighted by atomic mass is 10.1. The first-order chi connectivity index (χ1) is 10.2. The Bertz CT molecular complexity index is 272. The summed E-state index contributed by atoms with van der Waals surface area (Å²) in [5.74, 6) is 2.60. The predicted octanol–water partition coefficient (Wildman–Crippen LogP) is 6.02. The Morgan fingerprint density at radius 2 is 1.71 bits per heavy atom. The molecule has 0 saturated carbocycles. The Kier molecular flexibility index (Phi) is 11.0. The smallest absolute Gasteiger partial charge is 0.0720 e. The Morgan fingerprint density at radius 3 is 2.38 bits per heavy atom. The predicted molar refractivity (Wildman–Crippen MR) is 100 cm³/mol. The molecule has 1 N–H and O–H groups in total. The quantitative estimate of drug-likeness (QED) is 0.369. The molecule has 1 aliphatic rings. The van der Waals surface area contributed by atoms with E-state index in [9.17, 15) is 5.11 Å². The number of allylic oxidation sites excluding steroid dienone is 1. The molecule has 3 heteroatoms. The molecule has 1 atom stereocenters. The summed E-state index contributed by atoms with van der Waals surface area (Å²) < 4.78 is 0.384. The van der Waals surface area contributed by atoms with E-state index in [1.807, 2.05) is 6.08 Å². The van der Waals surface area contributed by atoms with Crippen LogP contribution in [0.2, 0.25) is 0 Å². The molecule has 0 aromatic rings. The topological polar surface area (TPSA) is 20.2 Å². The number of rotatable bonds is 11. The zero-order chi connectivity index (χ0) is 15.4. The molecule has 0 unspecified atom stereocenters. The maximum absolute atomic E-state index is 10.0. The number of aliphatic hydroxyl groups is 1. The van der Waals surface area contributed by atoms with Crippen LogP contribution in [-0.2, 0) is 0 Å². The van der Waals surface area contributed by atoms with Crippen molar-refractivity contribution in [2.75, 3.05) is 11.5 Å². The van der Waals surface area contributed by atoms with E-state index < -0.39 is 0 Å². The van der Waals surface area contributed by atoms with Gasteiger partial charge in [-0.25, -0.2) is 0 Å². The van der Waals surface area contributed by atoms with Gasteiger partial charge in [0.25, 0.3) is 0 Å². The molecule has 0 aromatic heterocycles. The van der Waals surface area contributed by atoms with Crippen LogP contribution < -0.4 is 0 Å². The van der Waals surface area contributed by atoms with Crippen molar-refractivity contribution in [1.29, 1.82) is 0 Å². The van der Waals surface area contributed by atoms with Gasteiger partial charge in [-0.15, -0.1) is 23.5 Å². The zero-order valence-corrected chi connectivity index (χ0v) is 15.6. The molecule has 0 aliphatic carbocycles. The van der Waals surface area contributed by atoms with Crippen molar-refractivity contribution in [2.45, 2.75) is 88.2 Å². The van der Waals surface area contributed by atoms with Crippen LogP contribution in [0.4, 0.5) is 0 Å². The van der Waals surface area contributed by atoms with Crippen LogP contribution in [0.25, 0.3) is 0 Å². The third-order valence-corrected chi connectivity index (χ3v) is 7.85. The van der Waals surface area contributed by atoms with E-state index >= 15 is 0 Å². The minimum atomic E-state index is -0.233. The van der Waals surface area contributed by atoms with Crippen molar-refractivity contribution in [3.63, 3.8) is 0 Å². The van der Waals surface area contributed by atoms with E-state index in [-0.39, 0.29) is 6.10 Å². The molecule has 0 bridgehead atoms. The lowest BCUT2D eigenvalue weighted by Crippen LogP contribution is -2.23. The first kappa shape index (κ1) is 19.4. The van der Waals surface area contributed by atoms with Crippen LogP contribution in [0.5, 0.6) is 0 Å². The summed E-state index contributed by atoms with van der Waals surface area (Å²) >= 11 is 4.24. The van der Waals surface area contributed by atoms with Crippen LogP contribution in [-0.4, -0.2) is 26.8 Å². The zero-order valence-electron chi connectivity index (χ0n) is 14.0. The summed E-state index contributed by atoms with van der Waals surface area (Å²) in [5.41, 5.74) is 0. The van der Waals surface area contributed by atoms with Gasteiger partial charge in [0.2, 0.25) is 0 Å². The van der Waals surface area contributed by atoms with Crippen molar-refractivity contribution in [2.24, 2.45) is 0 Å². The SMILES string of the molecule is CCCCCCCC[C@@H](O)/C=C/CC1(CC)SCCCS1. The molecule has 0 amide bonds. The maximum atomic E-state index is 10.0. The van der Waals surface area contributed by atoms with Crippen molar-refractivity contribution in [3.05, 3.63) is 12.2 Å². The van der Waals surface area contributed by atoms with Gasteiger partial charge in [0.1, 0.15) is 0 Å². The van der Waals surface area contributed by atoms with Crippen molar-refractivity contribution < 1.29 is 5.11 Å². The largest absolute Gasteiger partial charge is 0.389 e. The maximum Gasteiger partial charge on any atom is 0.0720 e. The van der Waals surface area contributed by atoms with Gasteiger partial charge in [-0.1, -0.05) is 64.5 Å². The summed E-state index contributed by atoms with van der Waals surface area (Å²) in [5, 5.41) is 10.0. The second kappa shape index (κ2) is 11.9. The Balaban J connectivity index is 2.13. The molecule has 124 valence electrons. The third kappa shape index (κ3) is 8.56. The molecule has 1 rings (SSSR count). The van der Waals surface area contributed by atoms with Gasteiger partial charge in [-0.2, -0.15) is 0 Å². The molecule has 1 aliphatic heterocycles.